The molecule has 0 aliphatic heterocycles. The molecule has 1 rings (SSSR count). The number of halogens is 3. The predicted molar refractivity (Wildman–Crippen MR) is 65.6 cm³/mol. The van der Waals surface area contributed by atoms with E-state index in [9.17, 15) is 23.4 Å². The number of hydrogen-bond donors (Lipinski definition) is 3. The molecular weight excluding hydrogens is 279 g/mol. The molecule has 0 aliphatic rings. The maximum absolute atomic E-state index is 12.7. The van der Waals surface area contributed by atoms with Crippen molar-refractivity contribution in [2.24, 2.45) is 0 Å². The minimum Gasteiger partial charge on any atom is -0.390 e. The van der Waals surface area contributed by atoms with E-state index >= 15 is 0 Å². The number of nitrogens with zero attached hydrogens (tertiary/aromatic N) is 1. The molecule has 0 bridgehead atoms. The summed E-state index contributed by atoms with van der Waals surface area (Å²) in [6.45, 7) is 0. The van der Waals surface area contributed by atoms with Crippen molar-refractivity contribution >= 4 is 12.6 Å². The molecule has 0 heterocycles. The zero-order valence-corrected chi connectivity index (χ0v) is 10.6. The number of rotatable bonds is 4. The largest absolute Gasteiger partial charge is 0.417 e. The van der Waals surface area contributed by atoms with E-state index in [1.54, 1.807) is 0 Å². The highest BCUT2D eigenvalue weighted by Gasteiger charge is 2.34. The monoisotopic (exact) mass is 291 g/mol. The van der Waals surface area contributed by atoms with Gasteiger partial charge in [-0.05, 0) is 29.9 Å². The molecule has 0 saturated heterocycles. The van der Waals surface area contributed by atoms with Gasteiger partial charge in [-0.3, -0.25) is 0 Å². The van der Waals surface area contributed by atoms with Gasteiger partial charge in [0, 0.05) is 0 Å². The van der Waals surface area contributed by atoms with Gasteiger partial charge in [0.05, 0.1) is 23.3 Å². The van der Waals surface area contributed by atoms with Crippen LogP contribution in [0.3, 0.4) is 0 Å². The van der Waals surface area contributed by atoms with Crippen molar-refractivity contribution < 1.29 is 23.4 Å². The molecule has 0 radical (unpaired) electrons. The van der Waals surface area contributed by atoms with Gasteiger partial charge in [0.2, 0.25) is 0 Å². The van der Waals surface area contributed by atoms with Crippen molar-refractivity contribution in [2.45, 2.75) is 24.8 Å². The lowest BCUT2D eigenvalue weighted by molar-refractivity contribution is -0.137. The summed E-state index contributed by atoms with van der Waals surface area (Å²) in [5.41, 5.74) is -1.72. The van der Waals surface area contributed by atoms with Crippen LogP contribution < -0.4 is 0 Å². The molecule has 2 unspecified atom stereocenters. The van der Waals surface area contributed by atoms with Crippen molar-refractivity contribution in [2.75, 3.05) is 5.75 Å². The molecule has 0 fully saturated rings. The van der Waals surface area contributed by atoms with Gasteiger partial charge < -0.3 is 10.2 Å². The Morgan fingerprint density at radius 2 is 1.95 bits per heavy atom. The van der Waals surface area contributed by atoms with Crippen LogP contribution in [0.5, 0.6) is 0 Å². The molecule has 2 N–H and O–H groups in total. The van der Waals surface area contributed by atoms with Crippen LogP contribution in [-0.4, -0.2) is 22.1 Å². The first-order valence-corrected chi connectivity index (χ1v) is 6.02. The summed E-state index contributed by atoms with van der Waals surface area (Å²) in [5, 5.41) is 27.9. The third-order valence-corrected chi connectivity index (χ3v) is 2.86. The summed E-state index contributed by atoms with van der Waals surface area (Å²) in [4.78, 5) is 0. The van der Waals surface area contributed by atoms with Crippen LogP contribution in [-0.2, 0) is 6.18 Å². The van der Waals surface area contributed by atoms with Gasteiger partial charge >= 0.3 is 6.18 Å². The van der Waals surface area contributed by atoms with Gasteiger partial charge in [0.1, 0.15) is 6.10 Å². The van der Waals surface area contributed by atoms with Crippen LogP contribution in [0, 0.1) is 11.3 Å². The van der Waals surface area contributed by atoms with Gasteiger partial charge in [-0.25, -0.2) is 0 Å². The van der Waals surface area contributed by atoms with Crippen molar-refractivity contribution in [3.8, 4) is 6.07 Å². The second-order valence-electron chi connectivity index (χ2n) is 3.94. The Morgan fingerprint density at radius 3 is 2.42 bits per heavy atom. The SMILES string of the molecule is N#Cc1ccc(C(O)C(O)CCS)cc1C(F)(F)F. The molecule has 0 spiro atoms. The highest BCUT2D eigenvalue weighted by Crippen LogP contribution is 2.34. The lowest BCUT2D eigenvalue weighted by atomic mass is 9.97. The average molecular weight is 291 g/mol. The van der Waals surface area contributed by atoms with Gasteiger partial charge in [-0.1, -0.05) is 6.07 Å². The predicted octanol–water partition coefficient (Wildman–Crippen LogP) is 2.29. The highest BCUT2D eigenvalue weighted by molar-refractivity contribution is 7.80. The number of thiol groups is 1. The maximum atomic E-state index is 12.7. The number of aliphatic hydroxyl groups is 2. The second kappa shape index (κ2) is 6.28. The average Bonchev–Trinajstić information content (AvgIpc) is 2.36. The van der Waals surface area contributed by atoms with Crippen molar-refractivity contribution in [1.82, 2.24) is 0 Å². The zero-order chi connectivity index (χ0) is 14.6. The summed E-state index contributed by atoms with van der Waals surface area (Å²) >= 11 is 3.87. The van der Waals surface area contributed by atoms with E-state index in [-0.39, 0.29) is 12.0 Å². The van der Waals surface area contributed by atoms with Crippen molar-refractivity contribution in [1.29, 1.82) is 5.26 Å². The number of benzene rings is 1. The summed E-state index contributed by atoms with van der Waals surface area (Å²) in [7, 11) is 0. The molecule has 2 atom stereocenters. The van der Waals surface area contributed by atoms with Gasteiger partial charge in [0.15, 0.2) is 0 Å². The van der Waals surface area contributed by atoms with Crippen molar-refractivity contribution in [3.05, 3.63) is 34.9 Å². The molecule has 0 aromatic heterocycles. The molecule has 1 aromatic rings. The molecular formula is C12H12F3NO2S. The van der Waals surface area contributed by atoms with Gasteiger partial charge in [-0.15, -0.1) is 0 Å². The molecule has 0 amide bonds. The number of nitriles is 1. The molecule has 1 aromatic carbocycles. The van der Waals surface area contributed by atoms with E-state index < -0.39 is 29.5 Å². The summed E-state index contributed by atoms with van der Waals surface area (Å²) in [6.07, 6.45) is -7.19. The Morgan fingerprint density at radius 1 is 1.32 bits per heavy atom. The summed E-state index contributed by atoms with van der Waals surface area (Å²) < 4.78 is 38.2. The number of aliphatic hydroxyl groups excluding tert-OH is 2. The smallest absolute Gasteiger partial charge is 0.390 e. The fraction of sp³-hybridized carbons (Fsp3) is 0.417. The van der Waals surface area contributed by atoms with Crippen LogP contribution in [0.4, 0.5) is 13.2 Å². The van der Waals surface area contributed by atoms with E-state index in [0.717, 1.165) is 6.07 Å². The summed E-state index contributed by atoms with van der Waals surface area (Å²) in [6, 6.07) is 4.31. The number of hydrogen-bond acceptors (Lipinski definition) is 4. The van der Waals surface area contributed by atoms with Crippen LogP contribution in [0.1, 0.15) is 29.2 Å². The second-order valence-corrected chi connectivity index (χ2v) is 4.39. The van der Waals surface area contributed by atoms with E-state index in [1.165, 1.54) is 12.1 Å². The summed E-state index contributed by atoms with van der Waals surface area (Å²) in [5.74, 6) is 0.292. The van der Waals surface area contributed by atoms with Crippen molar-refractivity contribution in [3.63, 3.8) is 0 Å². The minimum atomic E-state index is -4.69. The fourth-order valence-corrected chi connectivity index (χ4v) is 1.85. The Balaban J connectivity index is 3.16. The first kappa shape index (κ1) is 15.8. The van der Waals surface area contributed by atoms with E-state index in [4.69, 9.17) is 5.26 Å². The third kappa shape index (κ3) is 3.86. The van der Waals surface area contributed by atoms with Gasteiger partial charge in [-0.2, -0.15) is 31.1 Å². The number of alkyl halides is 3. The zero-order valence-electron chi connectivity index (χ0n) is 9.72. The Bertz CT molecular complexity index is 485. The Labute approximate surface area is 113 Å². The third-order valence-electron chi connectivity index (χ3n) is 2.60. The molecule has 3 nitrogen and oxygen atoms in total. The maximum Gasteiger partial charge on any atom is 0.417 e. The standard InChI is InChI=1S/C12H12F3NO2S/c13-12(14,15)9-5-7(1-2-8(9)6-16)11(18)10(17)3-4-19/h1-2,5,10-11,17-19H,3-4H2. The lowest BCUT2D eigenvalue weighted by Crippen LogP contribution is -2.19. The fourth-order valence-electron chi connectivity index (χ4n) is 1.59. The van der Waals surface area contributed by atoms with Crippen LogP contribution in [0.2, 0.25) is 0 Å². The van der Waals surface area contributed by atoms with Crippen LogP contribution in [0.15, 0.2) is 18.2 Å². The van der Waals surface area contributed by atoms with E-state index in [1.807, 2.05) is 0 Å². The lowest BCUT2D eigenvalue weighted by Gasteiger charge is -2.19. The highest BCUT2D eigenvalue weighted by atomic mass is 32.1. The quantitative estimate of drug-likeness (QED) is 0.746. The normalized spacial score (nSPS) is 14.8. The molecule has 0 saturated carbocycles. The van der Waals surface area contributed by atoms with Crippen LogP contribution >= 0.6 is 12.6 Å². The van der Waals surface area contributed by atoms with E-state index in [2.05, 4.69) is 12.6 Å². The van der Waals surface area contributed by atoms with E-state index in [0.29, 0.717) is 11.8 Å². The molecule has 0 aliphatic carbocycles. The Hall–Kier alpha value is -1.23. The first-order chi connectivity index (χ1) is 8.81. The topological polar surface area (TPSA) is 64.2 Å². The first-order valence-electron chi connectivity index (χ1n) is 5.39. The van der Waals surface area contributed by atoms with Crippen LogP contribution in [0.25, 0.3) is 0 Å². The molecule has 7 heteroatoms. The van der Waals surface area contributed by atoms with Gasteiger partial charge in [0.25, 0.3) is 0 Å². The Kier molecular flexibility index (Phi) is 5.23. The molecule has 104 valence electrons. The molecule has 19 heavy (non-hydrogen) atoms. The minimum absolute atomic E-state index is 0.0828.